The van der Waals surface area contributed by atoms with Gasteiger partial charge in [-0.05, 0) is 51.7 Å². The molecule has 0 atom stereocenters. The lowest BCUT2D eigenvalue weighted by atomic mass is 9.89. The molecule has 0 saturated carbocycles. The van der Waals surface area contributed by atoms with Gasteiger partial charge in [0.25, 0.3) is 0 Å². The van der Waals surface area contributed by atoms with Crippen LogP contribution >= 0.6 is 0 Å². The summed E-state index contributed by atoms with van der Waals surface area (Å²) in [5.41, 5.74) is 4.10. The van der Waals surface area contributed by atoms with Crippen LogP contribution in [-0.2, 0) is 28.4 Å². The van der Waals surface area contributed by atoms with Crippen molar-refractivity contribution in [1.82, 2.24) is 0 Å². The molecule has 3 heterocycles. The minimum absolute atomic E-state index is 0.193. The van der Waals surface area contributed by atoms with Gasteiger partial charge in [-0.15, -0.1) is 0 Å². The van der Waals surface area contributed by atoms with E-state index in [0.717, 1.165) is 56.8 Å². The van der Waals surface area contributed by atoms with Crippen molar-refractivity contribution >= 4 is 0 Å². The zero-order chi connectivity index (χ0) is 24.8. The summed E-state index contributed by atoms with van der Waals surface area (Å²) < 4.78 is 36.5. The van der Waals surface area contributed by atoms with Crippen LogP contribution in [0.4, 0.5) is 0 Å². The van der Waals surface area contributed by atoms with Gasteiger partial charge in [-0.3, -0.25) is 0 Å². The minimum atomic E-state index is 0.193. The summed E-state index contributed by atoms with van der Waals surface area (Å²) in [6, 6.07) is 0. The Morgan fingerprint density at radius 3 is 1.12 bits per heavy atom. The topological polar surface area (TPSA) is 55.4 Å². The molecule has 0 bridgehead atoms. The van der Waals surface area contributed by atoms with Crippen molar-refractivity contribution in [2.45, 2.75) is 55.4 Å². The van der Waals surface area contributed by atoms with Gasteiger partial charge in [0.2, 0.25) is 0 Å². The van der Waals surface area contributed by atoms with Gasteiger partial charge in [0.05, 0.1) is 0 Å². The molecule has 0 spiro atoms. The van der Waals surface area contributed by atoms with Gasteiger partial charge in [0, 0.05) is 22.3 Å². The van der Waals surface area contributed by atoms with E-state index >= 15 is 0 Å². The van der Waals surface area contributed by atoms with Gasteiger partial charge < -0.3 is 28.4 Å². The number of rotatable bonds is 4. The highest BCUT2D eigenvalue weighted by molar-refractivity contribution is 5.51. The molecule has 0 aromatic rings. The van der Waals surface area contributed by atoms with Crippen molar-refractivity contribution in [3.05, 3.63) is 69.0 Å². The highest BCUT2D eigenvalue weighted by Gasteiger charge is 2.31. The maximum Gasteiger partial charge on any atom is 0.164 e. The standard InChI is InChI=1S/C28H40O6/c1-9-21-27(33-13-11-29-21)23(17(3)4)19(7)25-26(32-16-15-31-25)20(8)24(18(5)6)28-22(10-2)30-12-14-34-28/h9-10,17-18H,11-16H2,1-8H3/b21-9+,22-10+,25-19-,26-20-,27-23+,28-24+. The lowest BCUT2D eigenvalue weighted by Crippen LogP contribution is -2.22. The number of allylic oxidation sites excluding steroid dienone is 6. The van der Waals surface area contributed by atoms with Crippen LogP contribution in [0.15, 0.2) is 69.0 Å². The molecular formula is C28H40O6. The molecule has 6 heteroatoms. The second kappa shape index (κ2) is 11.6. The molecule has 0 amide bonds. The molecule has 3 rings (SSSR count). The van der Waals surface area contributed by atoms with Crippen molar-refractivity contribution in [2.75, 3.05) is 39.6 Å². The summed E-state index contributed by atoms with van der Waals surface area (Å²) in [5, 5.41) is 0. The quantitative estimate of drug-likeness (QED) is 0.478. The van der Waals surface area contributed by atoms with Gasteiger partial charge in [-0.1, -0.05) is 27.7 Å². The summed E-state index contributed by atoms with van der Waals surface area (Å²) >= 11 is 0. The molecule has 3 aliphatic rings. The smallest absolute Gasteiger partial charge is 0.164 e. The monoisotopic (exact) mass is 472 g/mol. The predicted octanol–water partition coefficient (Wildman–Crippen LogP) is 6.30. The fraction of sp³-hybridized carbons (Fsp3) is 0.571. The third kappa shape index (κ3) is 5.31. The summed E-state index contributed by atoms with van der Waals surface area (Å²) in [6.07, 6.45) is 3.91. The number of hydrogen-bond acceptors (Lipinski definition) is 6. The first-order valence-electron chi connectivity index (χ1n) is 12.3. The number of ether oxygens (including phenoxy) is 6. The molecule has 0 aromatic carbocycles. The van der Waals surface area contributed by atoms with Crippen LogP contribution in [0.25, 0.3) is 0 Å². The summed E-state index contributed by atoms with van der Waals surface area (Å²) in [5.74, 6) is 4.96. The van der Waals surface area contributed by atoms with Gasteiger partial charge in [0.15, 0.2) is 34.6 Å². The molecule has 3 aliphatic heterocycles. The molecule has 3 saturated heterocycles. The zero-order valence-electron chi connectivity index (χ0n) is 22.0. The first kappa shape index (κ1) is 25.9. The van der Waals surface area contributed by atoms with Crippen LogP contribution in [0, 0.1) is 11.8 Å². The van der Waals surface area contributed by atoms with Crippen molar-refractivity contribution in [3.8, 4) is 0 Å². The average molecular weight is 473 g/mol. The molecule has 6 nitrogen and oxygen atoms in total. The molecule has 34 heavy (non-hydrogen) atoms. The fourth-order valence-corrected chi connectivity index (χ4v) is 4.67. The Morgan fingerprint density at radius 2 is 0.824 bits per heavy atom. The summed E-state index contributed by atoms with van der Waals surface area (Å²) in [6.45, 7) is 19.8. The SMILES string of the molecule is C/C=C1/OCCO/C1=C(/C(C)=C1\OCCO\C1=C(C)/C(=C1/OCCO/C1=C/C)C(C)C)C(C)C. The second-order valence-electron chi connectivity index (χ2n) is 9.10. The first-order chi connectivity index (χ1) is 16.3. The summed E-state index contributed by atoms with van der Waals surface area (Å²) in [7, 11) is 0. The molecule has 0 aromatic heterocycles. The van der Waals surface area contributed by atoms with E-state index in [2.05, 4.69) is 41.5 Å². The van der Waals surface area contributed by atoms with Crippen molar-refractivity contribution in [1.29, 1.82) is 0 Å². The molecule has 188 valence electrons. The van der Waals surface area contributed by atoms with E-state index in [1.54, 1.807) is 0 Å². The number of hydrogen-bond donors (Lipinski definition) is 0. The van der Waals surface area contributed by atoms with E-state index in [4.69, 9.17) is 28.4 Å². The Balaban J connectivity index is 2.24. The van der Waals surface area contributed by atoms with E-state index in [1.165, 1.54) is 0 Å². The van der Waals surface area contributed by atoms with Crippen LogP contribution in [0.2, 0.25) is 0 Å². The largest absolute Gasteiger partial charge is 0.486 e. The lowest BCUT2D eigenvalue weighted by Gasteiger charge is -2.31. The van der Waals surface area contributed by atoms with Crippen LogP contribution in [0.1, 0.15) is 55.4 Å². The van der Waals surface area contributed by atoms with Crippen LogP contribution in [0.5, 0.6) is 0 Å². The Kier molecular flexibility index (Phi) is 8.81. The maximum absolute atomic E-state index is 6.27. The van der Waals surface area contributed by atoms with E-state index in [9.17, 15) is 0 Å². The van der Waals surface area contributed by atoms with Crippen LogP contribution in [-0.4, -0.2) is 39.6 Å². The molecule has 0 unspecified atom stereocenters. The predicted molar refractivity (Wildman–Crippen MR) is 132 cm³/mol. The van der Waals surface area contributed by atoms with Crippen molar-refractivity contribution < 1.29 is 28.4 Å². The van der Waals surface area contributed by atoms with Gasteiger partial charge in [0.1, 0.15) is 39.6 Å². The zero-order valence-corrected chi connectivity index (χ0v) is 22.0. The van der Waals surface area contributed by atoms with E-state index in [-0.39, 0.29) is 11.8 Å². The molecule has 3 fully saturated rings. The lowest BCUT2D eigenvalue weighted by molar-refractivity contribution is 0.0507. The molecule has 0 N–H and O–H groups in total. The molecule has 0 radical (unpaired) electrons. The Labute approximate surface area is 204 Å². The third-order valence-corrected chi connectivity index (χ3v) is 6.06. The Morgan fingerprint density at radius 1 is 0.529 bits per heavy atom. The Hall–Kier alpha value is -2.76. The molecule has 0 aliphatic carbocycles. The second-order valence-corrected chi connectivity index (χ2v) is 9.10. The first-order valence-corrected chi connectivity index (χ1v) is 12.3. The Bertz CT molecular complexity index is 877. The highest BCUT2D eigenvalue weighted by atomic mass is 16.6. The van der Waals surface area contributed by atoms with E-state index in [0.29, 0.717) is 39.6 Å². The van der Waals surface area contributed by atoms with Crippen LogP contribution < -0.4 is 0 Å². The van der Waals surface area contributed by atoms with Crippen molar-refractivity contribution in [3.63, 3.8) is 0 Å². The normalized spacial score (nSPS) is 27.2. The minimum Gasteiger partial charge on any atom is -0.486 e. The van der Waals surface area contributed by atoms with Gasteiger partial charge in [-0.25, -0.2) is 0 Å². The van der Waals surface area contributed by atoms with E-state index < -0.39 is 0 Å². The molecular weight excluding hydrogens is 432 g/mol. The van der Waals surface area contributed by atoms with Gasteiger partial charge in [-0.2, -0.15) is 0 Å². The van der Waals surface area contributed by atoms with Crippen molar-refractivity contribution in [2.24, 2.45) is 11.8 Å². The third-order valence-electron chi connectivity index (χ3n) is 6.06. The summed E-state index contributed by atoms with van der Waals surface area (Å²) in [4.78, 5) is 0. The van der Waals surface area contributed by atoms with Gasteiger partial charge >= 0.3 is 0 Å². The highest BCUT2D eigenvalue weighted by Crippen LogP contribution is 2.39. The van der Waals surface area contributed by atoms with Crippen LogP contribution in [0.3, 0.4) is 0 Å². The van der Waals surface area contributed by atoms with E-state index in [1.807, 2.05) is 26.0 Å². The maximum atomic E-state index is 6.27. The average Bonchev–Trinajstić information content (AvgIpc) is 2.84. The fourth-order valence-electron chi connectivity index (χ4n) is 4.67.